The zero-order valence-corrected chi connectivity index (χ0v) is 26.9. The van der Waals surface area contributed by atoms with Gasteiger partial charge in [-0.1, -0.05) is 145 Å². The van der Waals surface area contributed by atoms with Crippen LogP contribution in [-0.4, -0.2) is 4.57 Å². The van der Waals surface area contributed by atoms with E-state index in [0.717, 1.165) is 0 Å². The van der Waals surface area contributed by atoms with Crippen molar-refractivity contribution < 1.29 is 0 Å². The van der Waals surface area contributed by atoms with Crippen LogP contribution in [0.15, 0.2) is 186 Å². The Kier molecular flexibility index (Phi) is 6.18. The van der Waals surface area contributed by atoms with E-state index in [-0.39, 0.29) is 0 Å². The lowest BCUT2D eigenvalue weighted by atomic mass is 9.90. The maximum atomic E-state index is 2.39. The number of nitrogens with zero attached hydrogens (tertiary/aromatic N) is 1. The van der Waals surface area contributed by atoms with E-state index in [9.17, 15) is 0 Å². The molecule has 8 aromatic carbocycles. The first-order chi connectivity index (χ1) is 23.8. The van der Waals surface area contributed by atoms with Crippen molar-refractivity contribution in [3.8, 4) is 50.2 Å². The first kappa shape index (κ1) is 27.3. The minimum absolute atomic E-state index is 1.18. The van der Waals surface area contributed by atoms with Crippen LogP contribution in [-0.2, 0) is 0 Å². The Morgan fingerprint density at radius 3 is 1.81 bits per heavy atom. The molecule has 0 saturated heterocycles. The normalized spacial score (nSPS) is 12.1. The Balaban J connectivity index is 1.06. The van der Waals surface area contributed by atoms with Gasteiger partial charge in [0, 0.05) is 31.6 Å². The molecule has 0 amide bonds. The van der Waals surface area contributed by atoms with Crippen molar-refractivity contribution >= 4 is 44.3 Å². The average molecular weight is 628 g/mol. The average Bonchev–Trinajstić information content (AvgIpc) is 3.49. The van der Waals surface area contributed by atoms with Gasteiger partial charge in [-0.15, -0.1) is 0 Å². The Bertz CT molecular complexity index is 2670. The van der Waals surface area contributed by atoms with Crippen molar-refractivity contribution in [3.05, 3.63) is 176 Å². The number of hydrogen-bond donors (Lipinski definition) is 0. The van der Waals surface area contributed by atoms with Gasteiger partial charge in [-0.25, -0.2) is 0 Å². The fourth-order valence-corrected chi connectivity index (χ4v) is 8.65. The maximum absolute atomic E-state index is 2.39. The molecule has 0 N–H and O–H groups in total. The zero-order valence-electron chi connectivity index (χ0n) is 26.1. The van der Waals surface area contributed by atoms with Gasteiger partial charge in [-0.05, 0) is 92.4 Å². The summed E-state index contributed by atoms with van der Waals surface area (Å²) in [6, 6.07) is 64.4. The number of benzene rings is 8. The van der Waals surface area contributed by atoms with Crippen molar-refractivity contribution in [1.29, 1.82) is 0 Å². The molecule has 224 valence electrons. The SMILES string of the molecule is c1ccc(-c2ccc3c(c2)-c2cccc4c(-c5ccc(-c6ccc7c8ccccc8n(-c8ccccc8)c7c6)cc5)ccc(c24)S3)cc1. The number of hydrogen-bond acceptors (Lipinski definition) is 1. The van der Waals surface area contributed by atoms with E-state index in [0.29, 0.717) is 0 Å². The molecule has 0 saturated carbocycles. The summed E-state index contributed by atoms with van der Waals surface area (Å²) in [4.78, 5) is 2.64. The summed E-state index contributed by atoms with van der Waals surface area (Å²) in [5.74, 6) is 0. The van der Waals surface area contributed by atoms with E-state index >= 15 is 0 Å². The molecule has 2 heterocycles. The summed E-state index contributed by atoms with van der Waals surface area (Å²) in [5.41, 5.74) is 13.7. The molecule has 9 aromatic rings. The highest BCUT2D eigenvalue weighted by Crippen LogP contribution is 2.50. The largest absolute Gasteiger partial charge is 0.309 e. The van der Waals surface area contributed by atoms with Crippen LogP contribution >= 0.6 is 11.8 Å². The zero-order chi connectivity index (χ0) is 31.6. The molecule has 0 aliphatic carbocycles. The summed E-state index contributed by atoms with van der Waals surface area (Å²) in [6.45, 7) is 0. The fourth-order valence-electron chi connectivity index (χ4n) is 7.54. The number of fused-ring (bicyclic) bond motifs is 5. The molecule has 1 aliphatic rings. The van der Waals surface area contributed by atoms with Crippen LogP contribution in [0.3, 0.4) is 0 Å². The molecular weight excluding hydrogens is 599 g/mol. The van der Waals surface area contributed by atoms with Gasteiger partial charge >= 0.3 is 0 Å². The second-order valence-corrected chi connectivity index (χ2v) is 13.6. The first-order valence-electron chi connectivity index (χ1n) is 16.4. The minimum atomic E-state index is 1.18. The van der Waals surface area contributed by atoms with Gasteiger partial charge in [-0.3, -0.25) is 0 Å². The lowest BCUT2D eigenvalue weighted by molar-refractivity contribution is 1.18. The van der Waals surface area contributed by atoms with E-state index in [1.165, 1.54) is 92.6 Å². The fraction of sp³-hybridized carbons (Fsp3) is 0. The Morgan fingerprint density at radius 1 is 0.333 bits per heavy atom. The third kappa shape index (κ3) is 4.27. The van der Waals surface area contributed by atoms with E-state index in [1.54, 1.807) is 0 Å². The summed E-state index contributed by atoms with van der Waals surface area (Å²) >= 11 is 1.88. The van der Waals surface area contributed by atoms with Crippen LogP contribution in [0.5, 0.6) is 0 Å². The van der Waals surface area contributed by atoms with Gasteiger partial charge in [0.15, 0.2) is 0 Å². The van der Waals surface area contributed by atoms with Gasteiger partial charge in [0.2, 0.25) is 0 Å². The molecule has 1 aliphatic heterocycles. The third-order valence-corrected chi connectivity index (χ3v) is 11.0. The molecule has 0 radical (unpaired) electrons. The number of rotatable bonds is 4. The van der Waals surface area contributed by atoms with Gasteiger partial charge in [-0.2, -0.15) is 0 Å². The van der Waals surface area contributed by atoms with Crippen LogP contribution in [0.2, 0.25) is 0 Å². The molecule has 1 aromatic heterocycles. The van der Waals surface area contributed by atoms with Gasteiger partial charge < -0.3 is 4.57 Å². The van der Waals surface area contributed by atoms with Crippen LogP contribution in [0.4, 0.5) is 0 Å². The Hall–Kier alpha value is -5.83. The van der Waals surface area contributed by atoms with Crippen LogP contribution in [0, 0.1) is 0 Å². The van der Waals surface area contributed by atoms with Gasteiger partial charge in [0.25, 0.3) is 0 Å². The second kappa shape index (κ2) is 10.9. The van der Waals surface area contributed by atoms with Crippen molar-refractivity contribution in [2.45, 2.75) is 9.79 Å². The summed E-state index contributed by atoms with van der Waals surface area (Å²) in [5, 5.41) is 5.20. The summed E-state index contributed by atoms with van der Waals surface area (Å²) < 4.78 is 2.39. The molecule has 0 unspecified atom stereocenters. The monoisotopic (exact) mass is 627 g/mol. The van der Waals surface area contributed by atoms with Gasteiger partial charge in [0.05, 0.1) is 11.0 Å². The summed E-state index contributed by atoms with van der Waals surface area (Å²) in [6.07, 6.45) is 0. The second-order valence-electron chi connectivity index (χ2n) is 12.5. The van der Waals surface area contributed by atoms with E-state index in [4.69, 9.17) is 0 Å². The molecule has 2 heteroatoms. The number of para-hydroxylation sites is 2. The van der Waals surface area contributed by atoms with Crippen molar-refractivity contribution in [1.82, 2.24) is 4.57 Å². The Morgan fingerprint density at radius 2 is 0.958 bits per heavy atom. The molecule has 10 rings (SSSR count). The molecule has 0 atom stereocenters. The predicted molar refractivity (Wildman–Crippen MR) is 204 cm³/mol. The van der Waals surface area contributed by atoms with E-state index in [2.05, 4.69) is 180 Å². The van der Waals surface area contributed by atoms with Crippen LogP contribution < -0.4 is 0 Å². The lowest BCUT2D eigenvalue weighted by Gasteiger charge is -2.22. The highest BCUT2D eigenvalue weighted by atomic mass is 32.2. The van der Waals surface area contributed by atoms with Crippen molar-refractivity contribution in [2.75, 3.05) is 0 Å². The smallest absolute Gasteiger partial charge is 0.0547 e. The molecule has 1 nitrogen and oxygen atoms in total. The molecule has 48 heavy (non-hydrogen) atoms. The molecule has 0 bridgehead atoms. The van der Waals surface area contributed by atoms with E-state index in [1.807, 2.05) is 11.8 Å². The van der Waals surface area contributed by atoms with Crippen LogP contribution in [0.25, 0.3) is 82.8 Å². The predicted octanol–water partition coefficient (Wildman–Crippen LogP) is 13.1. The quantitative estimate of drug-likeness (QED) is 0.188. The standard InChI is InChI=1S/C46H29NS/c1-3-10-30(11-4-1)33-23-26-44-41(28-33)40-16-9-15-39-36(25-27-45(48-44)46(39)40)32-20-18-31(19-21-32)34-22-24-38-37-14-7-8-17-42(37)47(43(38)29-34)35-12-5-2-6-13-35/h1-29H. The van der Waals surface area contributed by atoms with E-state index < -0.39 is 0 Å². The highest BCUT2D eigenvalue weighted by molar-refractivity contribution is 7.99. The van der Waals surface area contributed by atoms with Crippen molar-refractivity contribution in [2.24, 2.45) is 0 Å². The molecular formula is C46H29NS. The summed E-state index contributed by atoms with van der Waals surface area (Å²) in [7, 11) is 0. The maximum Gasteiger partial charge on any atom is 0.0547 e. The molecule has 0 spiro atoms. The Labute approximate surface area is 283 Å². The molecule has 0 fully saturated rings. The lowest BCUT2D eigenvalue weighted by Crippen LogP contribution is -1.95. The number of aromatic nitrogens is 1. The van der Waals surface area contributed by atoms with Crippen molar-refractivity contribution in [3.63, 3.8) is 0 Å². The van der Waals surface area contributed by atoms with Gasteiger partial charge in [0.1, 0.15) is 0 Å². The minimum Gasteiger partial charge on any atom is -0.309 e. The topological polar surface area (TPSA) is 4.93 Å². The third-order valence-electron chi connectivity index (χ3n) is 9.82. The first-order valence-corrected chi connectivity index (χ1v) is 17.2. The highest BCUT2D eigenvalue weighted by Gasteiger charge is 2.21. The van der Waals surface area contributed by atoms with Crippen LogP contribution in [0.1, 0.15) is 0 Å².